The normalized spacial score (nSPS) is 10.3. The number of anilines is 2. The van der Waals surface area contributed by atoms with Crippen LogP contribution in [0.25, 0.3) is 0 Å². The lowest BCUT2D eigenvalue weighted by Gasteiger charge is -2.06. The predicted octanol–water partition coefficient (Wildman–Crippen LogP) is 2.08. The molecule has 0 saturated carbocycles. The quantitative estimate of drug-likeness (QED) is 0.869. The summed E-state index contributed by atoms with van der Waals surface area (Å²) in [5.74, 6) is 1.84. The predicted molar refractivity (Wildman–Crippen MR) is 65.2 cm³/mol. The van der Waals surface area contributed by atoms with Crippen LogP contribution in [0.2, 0.25) is 5.02 Å². The Kier molecular flexibility index (Phi) is 3.43. The monoisotopic (exact) mass is 253 g/mol. The Bertz CT molecular complexity index is 513. The number of hydrogen-bond acceptors (Lipinski definition) is 6. The maximum Gasteiger partial charge on any atom is 0.224 e. The summed E-state index contributed by atoms with van der Waals surface area (Å²) in [6.45, 7) is 2.34. The van der Waals surface area contributed by atoms with Crippen molar-refractivity contribution < 1.29 is 4.52 Å². The van der Waals surface area contributed by atoms with Gasteiger partial charge in [-0.3, -0.25) is 0 Å². The van der Waals surface area contributed by atoms with Gasteiger partial charge in [0.25, 0.3) is 0 Å². The minimum absolute atomic E-state index is 0.462. The molecule has 2 aromatic heterocycles. The second-order valence-corrected chi connectivity index (χ2v) is 3.83. The van der Waals surface area contributed by atoms with E-state index in [4.69, 9.17) is 16.1 Å². The molecule has 0 aromatic carbocycles. The first-order valence-electron chi connectivity index (χ1n) is 5.05. The smallest absolute Gasteiger partial charge is 0.224 e. The highest BCUT2D eigenvalue weighted by Crippen LogP contribution is 2.19. The lowest BCUT2D eigenvalue weighted by atomic mass is 10.4. The number of nitrogens with zero attached hydrogens (tertiary/aromatic N) is 3. The number of halogens is 1. The Balaban J connectivity index is 2.07. The topological polar surface area (TPSA) is 75.9 Å². The SMILES string of the molecule is CNc1ncc(Cl)c(NCc2cc(C)on2)n1. The third-order valence-electron chi connectivity index (χ3n) is 2.08. The molecule has 17 heavy (non-hydrogen) atoms. The van der Waals surface area contributed by atoms with Gasteiger partial charge in [-0.2, -0.15) is 4.98 Å². The first kappa shape index (κ1) is 11.7. The minimum Gasteiger partial charge on any atom is -0.363 e. The van der Waals surface area contributed by atoms with Gasteiger partial charge in [0.1, 0.15) is 16.5 Å². The van der Waals surface area contributed by atoms with Gasteiger partial charge in [0.15, 0.2) is 5.82 Å². The largest absolute Gasteiger partial charge is 0.363 e. The highest BCUT2D eigenvalue weighted by atomic mass is 35.5. The Morgan fingerprint density at radius 2 is 2.29 bits per heavy atom. The number of rotatable bonds is 4. The molecule has 2 heterocycles. The maximum atomic E-state index is 5.97. The summed E-state index contributed by atoms with van der Waals surface area (Å²) < 4.78 is 4.96. The van der Waals surface area contributed by atoms with Gasteiger partial charge >= 0.3 is 0 Å². The van der Waals surface area contributed by atoms with Gasteiger partial charge in [-0.1, -0.05) is 16.8 Å². The van der Waals surface area contributed by atoms with Crippen LogP contribution in [0.4, 0.5) is 11.8 Å². The summed E-state index contributed by atoms with van der Waals surface area (Å²) in [6, 6.07) is 1.85. The van der Waals surface area contributed by atoms with Crippen LogP contribution in [-0.2, 0) is 6.54 Å². The molecule has 0 aliphatic heterocycles. The highest BCUT2D eigenvalue weighted by molar-refractivity contribution is 6.32. The van der Waals surface area contributed by atoms with Crippen molar-refractivity contribution in [2.75, 3.05) is 17.7 Å². The molecule has 2 rings (SSSR count). The third kappa shape index (κ3) is 2.85. The first-order chi connectivity index (χ1) is 8.19. The zero-order valence-corrected chi connectivity index (χ0v) is 10.2. The van der Waals surface area contributed by atoms with Crippen molar-refractivity contribution in [2.45, 2.75) is 13.5 Å². The molecule has 6 nitrogen and oxygen atoms in total. The standard InChI is InChI=1S/C10H12ClN5O/c1-6-3-7(16-17-6)4-13-9-8(11)5-14-10(12-2)15-9/h3,5H,4H2,1-2H3,(H2,12,13,14,15). The summed E-state index contributed by atoms with van der Waals surface area (Å²) in [7, 11) is 1.74. The van der Waals surface area contributed by atoms with Crippen LogP contribution in [0.3, 0.4) is 0 Å². The van der Waals surface area contributed by atoms with E-state index >= 15 is 0 Å². The molecule has 7 heteroatoms. The second-order valence-electron chi connectivity index (χ2n) is 3.42. The highest BCUT2D eigenvalue weighted by Gasteiger charge is 2.06. The van der Waals surface area contributed by atoms with E-state index < -0.39 is 0 Å². The van der Waals surface area contributed by atoms with Crippen molar-refractivity contribution in [3.63, 3.8) is 0 Å². The summed E-state index contributed by atoms with van der Waals surface area (Å²) >= 11 is 5.97. The van der Waals surface area contributed by atoms with Crippen molar-refractivity contribution in [3.05, 3.63) is 28.7 Å². The van der Waals surface area contributed by atoms with Crippen molar-refractivity contribution in [2.24, 2.45) is 0 Å². The Labute approximate surface area is 103 Å². The molecule has 0 saturated heterocycles. The van der Waals surface area contributed by atoms with Gasteiger partial charge in [-0.25, -0.2) is 4.98 Å². The average Bonchev–Trinajstić information content (AvgIpc) is 2.74. The van der Waals surface area contributed by atoms with Gasteiger partial charge in [0.2, 0.25) is 5.95 Å². The fraction of sp³-hybridized carbons (Fsp3) is 0.300. The summed E-state index contributed by atoms with van der Waals surface area (Å²) in [4.78, 5) is 8.18. The number of aromatic nitrogens is 3. The molecular weight excluding hydrogens is 242 g/mol. The summed E-state index contributed by atoms with van der Waals surface area (Å²) in [5, 5.41) is 10.2. The maximum absolute atomic E-state index is 5.97. The number of aryl methyl sites for hydroxylation is 1. The molecule has 90 valence electrons. The zero-order valence-electron chi connectivity index (χ0n) is 9.49. The van der Waals surface area contributed by atoms with Crippen LogP contribution in [-0.4, -0.2) is 22.2 Å². The van der Waals surface area contributed by atoms with E-state index in [1.807, 2.05) is 13.0 Å². The molecule has 0 bridgehead atoms. The molecule has 0 fully saturated rings. The van der Waals surface area contributed by atoms with Crippen molar-refractivity contribution in [1.82, 2.24) is 15.1 Å². The molecule has 0 spiro atoms. The number of hydrogen-bond donors (Lipinski definition) is 2. The van der Waals surface area contributed by atoms with E-state index in [-0.39, 0.29) is 0 Å². The molecule has 0 amide bonds. The van der Waals surface area contributed by atoms with E-state index in [0.29, 0.717) is 23.3 Å². The molecule has 0 atom stereocenters. The first-order valence-corrected chi connectivity index (χ1v) is 5.43. The molecule has 2 N–H and O–H groups in total. The molecule has 0 radical (unpaired) electrons. The molecule has 0 unspecified atom stereocenters. The summed E-state index contributed by atoms with van der Waals surface area (Å²) in [5.41, 5.74) is 0.795. The molecular formula is C10H12ClN5O. The Morgan fingerprint density at radius 3 is 2.94 bits per heavy atom. The second kappa shape index (κ2) is 5.01. The van der Waals surface area contributed by atoms with Gasteiger partial charge in [0.05, 0.1) is 12.7 Å². The summed E-state index contributed by atoms with van der Waals surface area (Å²) in [6.07, 6.45) is 1.54. The van der Waals surface area contributed by atoms with Crippen LogP contribution in [0.15, 0.2) is 16.8 Å². The van der Waals surface area contributed by atoms with Crippen LogP contribution >= 0.6 is 11.6 Å². The fourth-order valence-electron chi connectivity index (χ4n) is 1.29. The van der Waals surface area contributed by atoms with E-state index in [9.17, 15) is 0 Å². The Hall–Kier alpha value is -1.82. The third-order valence-corrected chi connectivity index (χ3v) is 2.36. The van der Waals surface area contributed by atoms with Crippen molar-refractivity contribution in [1.29, 1.82) is 0 Å². The fourth-order valence-corrected chi connectivity index (χ4v) is 1.44. The molecule has 0 aliphatic rings. The van der Waals surface area contributed by atoms with Crippen molar-refractivity contribution >= 4 is 23.4 Å². The van der Waals surface area contributed by atoms with Crippen LogP contribution in [0.5, 0.6) is 0 Å². The van der Waals surface area contributed by atoms with Crippen molar-refractivity contribution in [3.8, 4) is 0 Å². The van der Waals surface area contributed by atoms with E-state index in [1.54, 1.807) is 7.05 Å². The van der Waals surface area contributed by atoms with Gasteiger partial charge in [-0.05, 0) is 6.92 Å². The lowest BCUT2D eigenvalue weighted by Crippen LogP contribution is -2.05. The van der Waals surface area contributed by atoms with Gasteiger partial charge in [0, 0.05) is 13.1 Å². The Morgan fingerprint density at radius 1 is 1.47 bits per heavy atom. The lowest BCUT2D eigenvalue weighted by molar-refractivity contribution is 0.391. The van der Waals surface area contributed by atoms with Crippen LogP contribution < -0.4 is 10.6 Å². The minimum atomic E-state index is 0.462. The molecule has 2 aromatic rings. The van der Waals surface area contributed by atoms with Crippen LogP contribution in [0, 0.1) is 6.92 Å². The van der Waals surface area contributed by atoms with E-state index in [1.165, 1.54) is 6.20 Å². The van der Waals surface area contributed by atoms with Gasteiger partial charge in [-0.15, -0.1) is 0 Å². The van der Waals surface area contributed by atoms with Gasteiger partial charge < -0.3 is 15.2 Å². The average molecular weight is 254 g/mol. The van der Waals surface area contributed by atoms with Crippen LogP contribution in [0.1, 0.15) is 11.5 Å². The molecule has 0 aliphatic carbocycles. The van der Waals surface area contributed by atoms with E-state index in [0.717, 1.165) is 11.5 Å². The van der Waals surface area contributed by atoms with E-state index in [2.05, 4.69) is 25.8 Å². The number of nitrogens with one attached hydrogen (secondary N) is 2. The zero-order chi connectivity index (χ0) is 12.3.